The van der Waals surface area contributed by atoms with E-state index in [1.165, 1.54) is 34.0 Å². The van der Waals surface area contributed by atoms with Gasteiger partial charge in [0.25, 0.3) is 5.69 Å². The second kappa shape index (κ2) is 6.57. The van der Waals surface area contributed by atoms with Crippen LogP contribution in [-0.2, 0) is 0 Å². The third-order valence-electron chi connectivity index (χ3n) is 3.23. The molecule has 0 fully saturated rings. The zero-order chi connectivity index (χ0) is 16.3. The first-order chi connectivity index (χ1) is 10.4. The van der Waals surface area contributed by atoms with Crippen molar-refractivity contribution in [2.75, 3.05) is 5.32 Å². The number of rotatable bonds is 4. The number of carbonyl (C=O) groups excluding carboxylic acids is 1. The summed E-state index contributed by atoms with van der Waals surface area (Å²) in [6.45, 7) is 5.98. The van der Waals surface area contributed by atoms with Gasteiger partial charge >= 0.3 is 6.03 Å². The number of urea groups is 1. The number of nitro benzene ring substituents is 1. The lowest BCUT2D eigenvalue weighted by Crippen LogP contribution is -2.31. The minimum absolute atomic E-state index is 0.0105. The van der Waals surface area contributed by atoms with Crippen molar-refractivity contribution in [3.8, 4) is 0 Å². The van der Waals surface area contributed by atoms with Crippen LogP contribution < -0.4 is 10.6 Å². The molecule has 2 N–H and O–H groups in total. The minimum atomic E-state index is -0.479. The van der Waals surface area contributed by atoms with Gasteiger partial charge in [0, 0.05) is 27.6 Å². The average molecular weight is 319 g/mol. The molecule has 0 unspecified atom stereocenters. The molecule has 0 bridgehead atoms. The van der Waals surface area contributed by atoms with E-state index in [9.17, 15) is 14.9 Å². The Balaban J connectivity index is 1.97. The molecule has 7 heteroatoms. The van der Waals surface area contributed by atoms with Gasteiger partial charge in [-0.3, -0.25) is 10.1 Å². The van der Waals surface area contributed by atoms with Crippen LogP contribution in [0.15, 0.2) is 30.3 Å². The van der Waals surface area contributed by atoms with Crippen LogP contribution >= 0.6 is 11.3 Å². The van der Waals surface area contributed by atoms with Gasteiger partial charge in [-0.1, -0.05) is 0 Å². The number of hydrogen-bond donors (Lipinski definition) is 2. The van der Waals surface area contributed by atoms with Crippen molar-refractivity contribution in [1.82, 2.24) is 5.32 Å². The van der Waals surface area contributed by atoms with Crippen molar-refractivity contribution in [3.05, 3.63) is 55.8 Å². The Morgan fingerprint density at radius 1 is 1.27 bits per heavy atom. The summed E-state index contributed by atoms with van der Waals surface area (Å²) in [5, 5.41) is 16.1. The monoisotopic (exact) mass is 319 g/mol. The quantitative estimate of drug-likeness (QED) is 0.655. The number of aryl methyl sites for hydroxylation is 2. The molecule has 22 heavy (non-hydrogen) atoms. The van der Waals surface area contributed by atoms with Gasteiger partial charge in [-0.25, -0.2) is 4.79 Å². The molecule has 2 rings (SSSR count). The third-order valence-corrected chi connectivity index (χ3v) is 4.21. The molecule has 0 saturated carbocycles. The number of anilines is 1. The number of nitrogens with one attached hydrogen (secondary N) is 2. The van der Waals surface area contributed by atoms with E-state index in [0.29, 0.717) is 5.69 Å². The molecule has 0 aliphatic heterocycles. The van der Waals surface area contributed by atoms with E-state index in [0.717, 1.165) is 5.56 Å². The summed E-state index contributed by atoms with van der Waals surface area (Å²) in [6.07, 6.45) is 0. The van der Waals surface area contributed by atoms with Gasteiger partial charge in [0.15, 0.2) is 0 Å². The van der Waals surface area contributed by atoms with Crippen molar-refractivity contribution < 1.29 is 9.72 Å². The molecular weight excluding hydrogens is 302 g/mol. The van der Waals surface area contributed by atoms with E-state index in [2.05, 4.69) is 16.7 Å². The zero-order valence-electron chi connectivity index (χ0n) is 12.5. The van der Waals surface area contributed by atoms with E-state index >= 15 is 0 Å². The van der Waals surface area contributed by atoms with Crippen LogP contribution in [0.3, 0.4) is 0 Å². The first-order valence-corrected chi connectivity index (χ1v) is 7.57. The standard InChI is InChI=1S/C15H17N3O3S/c1-9-8-14(11(3)22-9)10(2)16-15(19)17-12-4-6-13(7-5-12)18(20)21/h4-8,10H,1-3H3,(H2,16,17,19)/t10-/m0/s1. The Hall–Kier alpha value is -2.41. The maximum atomic E-state index is 12.0. The number of benzene rings is 1. The van der Waals surface area contributed by atoms with Crippen molar-refractivity contribution in [2.24, 2.45) is 0 Å². The van der Waals surface area contributed by atoms with Crippen LogP contribution in [0.4, 0.5) is 16.2 Å². The smallest absolute Gasteiger partial charge is 0.319 e. The van der Waals surface area contributed by atoms with Gasteiger partial charge in [0.1, 0.15) is 0 Å². The second-order valence-electron chi connectivity index (χ2n) is 4.99. The van der Waals surface area contributed by atoms with E-state index in [1.807, 2.05) is 20.8 Å². The molecule has 2 amide bonds. The normalized spacial score (nSPS) is 11.8. The number of non-ortho nitro benzene ring substituents is 1. The van der Waals surface area contributed by atoms with Crippen LogP contribution in [0, 0.1) is 24.0 Å². The molecule has 6 nitrogen and oxygen atoms in total. The lowest BCUT2D eigenvalue weighted by Gasteiger charge is -2.14. The maximum absolute atomic E-state index is 12.0. The van der Waals surface area contributed by atoms with Gasteiger partial charge in [-0.05, 0) is 44.5 Å². The predicted octanol–water partition coefficient (Wildman–Crippen LogP) is 4.16. The highest BCUT2D eigenvalue weighted by molar-refractivity contribution is 7.12. The summed E-state index contributed by atoms with van der Waals surface area (Å²) in [5.41, 5.74) is 1.60. The Kier molecular flexibility index (Phi) is 4.77. The van der Waals surface area contributed by atoms with Crippen LogP contribution in [-0.4, -0.2) is 11.0 Å². The molecule has 0 aliphatic rings. The van der Waals surface area contributed by atoms with Gasteiger partial charge in [0.05, 0.1) is 11.0 Å². The first kappa shape index (κ1) is 16.0. The van der Waals surface area contributed by atoms with Crippen LogP contribution in [0.2, 0.25) is 0 Å². The highest BCUT2D eigenvalue weighted by Gasteiger charge is 2.14. The van der Waals surface area contributed by atoms with Crippen molar-refractivity contribution in [3.63, 3.8) is 0 Å². The molecule has 0 saturated heterocycles. The first-order valence-electron chi connectivity index (χ1n) is 6.75. The SMILES string of the molecule is Cc1cc([C@H](C)NC(=O)Nc2ccc([N+](=O)[O-])cc2)c(C)s1. The molecule has 1 heterocycles. The summed E-state index contributed by atoms with van der Waals surface area (Å²) in [5.74, 6) is 0. The fourth-order valence-corrected chi connectivity index (χ4v) is 3.21. The topological polar surface area (TPSA) is 84.3 Å². The summed E-state index contributed by atoms with van der Waals surface area (Å²) < 4.78 is 0. The minimum Gasteiger partial charge on any atom is -0.331 e. The van der Waals surface area contributed by atoms with Gasteiger partial charge < -0.3 is 10.6 Å². The largest absolute Gasteiger partial charge is 0.331 e. The number of nitro groups is 1. The number of nitrogens with zero attached hydrogens (tertiary/aromatic N) is 1. The lowest BCUT2D eigenvalue weighted by atomic mass is 10.1. The zero-order valence-corrected chi connectivity index (χ0v) is 13.4. The molecule has 116 valence electrons. The van der Waals surface area contributed by atoms with Crippen LogP contribution in [0.5, 0.6) is 0 Å². The van der Waals surface area contributed by atoms with Crippen molar-refractivity contribution in [2.45, 2.75) is 26.8 Å². The predicted molar refractivity (Wildman–Crippen MR) is 87.5 cm³/mol. The maximum Gasteiger partial charge on any atom is 0.319 e. The van der Waals surface area contributed by atoms with Gasteiger partial charge in [-0.2, -0.15) is 0 Å². The summed E-state index contributed by atoms with van der Waals surface area (Å²) in [6, 6.07) is 7.32. The molecule has 0 spiro atoms. The molecule has 1 aromatic heterocycles. The number of thiophene rings is 1. The number of carbonyl (C=O) groups is 1. The molecular formula is C15H17N3O3S. The Bertz CT molecular complexity index is 695. The highest BCUT2D eigenvalue weighted by atomic mass is 32.1. The van der Waals surface area contributed by atoms with Crippen LogP contribution in [0.25, 0.3) is 0 Å². The Morgan fingerprint density at radius 2 is 1.91 bits per heavy atom. The van der Waals surface area contributed by atoms with E-state index in [-0.39, 0.29) is 17.8 Å². The van der Waals surface area contributed by atoms with Crippen LogP contribution in [0.1, 0.15) is 28.3 Å². The fraction of sp³-hybridized carbons (Fsp3) is 0.267. The Labute approximate surface area is 132 Å². The summed E-state index contributed by atoms with van der Waals surface area (Å²) >= 11 is 1.70. The molecule has 2 aromatic rings. The number of hydrogen-bond acceptors (Lipinski definition) is 4. The molecule has 0 radical (unpaired) electrons. The van der Waals surface area contributed by atoms with E-state index in [4.69, 9.17) is 0 Å². The lowest BCUT2D eigenvalue weighted by molar-refractivity contribution is -0.384. The van der Waals surface area contributed by atoms with Crippen molar-refractivity contribution >= 4 is 28.7 Å². The average Bonchev–Trinajstić information content (AvgIpc) is 2.78. The number of amides is 2. The van der Waals surface area contributed by atoms with E-state index in [1.54, 1.807) is 11.3 Å². The molecule has 1 atom stereocenters. The highest BCUT2D eigenvalue weighted by Crippen LogP contribution is 2.26. The van der Waals surface area contributed by atoms with E-state index < -0.39 is 4.92 Å². The summed E-state index contributed by atoms with van der Waals surface area (Å²) in [4.78, 5) is 24.5. The van der Waals surface area contributed by atoms with Crippen molar-refractivity contribution in [1.29, 1.82) is 0 Å². The Morgan fingerprint density at radius 3 is 2.41 bits per heavy atom. The molecule has 1 aromatic carbocycles. The third kappa shape index (κ3) is 3.82. The summed E-state index contributed by atoms with van der Waals surface area (Å²) in [7, 11) is 0. The molecule has 0 aliphatic carbocycles. The van der Waals surface area contributed by atoms with Gasteiger partial charge in [-0.15, -0.1) is 11.3 Å². The van der Waals surface area contributed by atoms with Gasteiger partial charge in [0.2, 0.25) is 0 Å². The second-order valence-corrected chi connectivity index (χ2v) is 6.45. The fourth-order valence-electron chi connectivity index (χ4n) is 2.19.